The first-order valence-electron chi connectivity index (χ1n) is 5.66. The number of halogens is 3. The highest BCUT2D eigenvalue weighted by Crippen LogP contribution is 2.35. The summed E-state index contributed by atoms with van der Waals surface area (Å²) in [5, 5.41) is 5.67. The Balaban J connectivity index is 2.55. The zero-order valence-corrected chi connectivity index (χ0v) is 10.7. The Morgan fingerprint density at radius 1 is 1.32 bits per heavy atom. The van der Waals surface area contributed by atoms with Crippen molar-refractivity contribution in [3.8, 4) is 5.75 Å². The van der Waals surface area contributed by atoms with E-state index in [-0.39, 0.29) is 12.4 Å². The van der Waals surface area contributed by atoms with E-state index in [4.69, 9.17) is 4.74 Å². The molecule has 0 spiro atoms. The number of benzene rings is 1. The summed E-state index contributed by atoms with van der Waals surface area (Å²) < 4.78 is 43.1. The molecule has 0 radical (unpaired) electrons. The van der Waals surface area contributed by atoms with Crippen molar-refractivity contribution < 1.29 is 17.9 Å². The summed E-state index contributed by atoms with van der Waals surface area (Å²) in [6.07, 6.45) is -4.41. The van der Waals surface area contributed by atoms with Crippen LogP contribution in [-0.4, -0.2) is 33.2 Å². The molecular formula is C12H16F3N3O. The van der Waals surface area contributed by atoms with Crippen LogP contribution in [0.15, 0.2) is 29.3 Å². The lowest BCUT2D eigenvalue weighted by atomic mass is 10.2. The maximum atomic E-state index is 12.7. The van der Waals surface area contributed by atoms with E-state index in [1.807, 2.05) is 0 Å². The van der Waals surface area contributed by atoms with Crippen LogP contribution < -0.4 is 15.4 Å². The molecule has 0 bridgehead atoms. The average molecular weight is 275 g/mol. The number of para-hydroxylation sites is 1. The standard InChI is InChI=1S/C12H16F3N3O/c1-16-11(17-2)18-7-8-19-10-6-4-3-5-9(10)12(13,14)15/h3-6H,7-8H2,1-2H3,(H2,16,17,18). The van der Waals surface area contributed by atoms with E-state index in [1.54, 1.807) is 14.1 Å². The first-order chi connectivity index (χ1) is 8.99. The van der Waals surface area contributed by atoms with Gasteiger partial charge in [0, 0.05) is 14.1 Å². The van der Waals surface area contributed by atoms with E-state index in [9.17, 15) is 13.2 Å². The van der Waals surface area contributed by atoms with Crippen molar-refractivity contribution in [2.75, 3.05) is 27.2 Å². The second-order valence-electron chi connectivity index (χ2n) is 3.59. The summed E-state index contributed by atoms with van der Waals surface area (Å²) in [7, 11) is 3.29. The molecule has 1 rings (SSSR count). The molecule has 0 saturated heterocycles. The smallest absolute Gasteiger partial charge is 0.419 e. The number of aliphatic imine (C=N–C) groups is 1. The number of hydrogen-bond acceptors (Lipinski definition) is 2. The van der Waals surface area contributed by atoms with Crippen LogP contribution >= 0.6 is 0 Å². The number of nitrogens with one attached hydrogen (secondary N) is 2. The van der Waals surface area contributed by atoms with E-state index in [0.717, 1.165) is 6.07 Å². The summed E-state index contributed by atoms with van der Waals surface area (Å²) >= 11 is 0. The van der Waals surface area contributed by atoms with E-state index >= 15 is 0 Å². The van der Waals surface area contributed by atoms with Gasteiger partial charge in [-0.25, -0.2) is 0 Å². The second-order valence-corrected chi connectivity index (χ2v) is 3.59. The highest BCUT2D eigenvalue weighted by atomic mass is 19.4. The van der Waals surface area contributed by atoms with Gasteiger partial charge in [-0.1, -0.05) is 12.1 Å². The zero-order valence-electron chi connectivity index (χ0n) is 10.7. The molecule has 0 aliphatic carbocycles. The van der Waals surface area contributed by atoms with Crippen LogP contribution in [0.2, 0.25) is 0 Å². The molecule has 0 aromatic heterocycles. The van der Waals surface area contributed by atoms with E-state index in [1.165, 1.54) is 18.2 Å². The minimum atomic E-state index is -4.41. The van der Waals surface area contributed by atoms with Gasteiger partial charge in [-0.15, -0.1) is 0 Å². The van der Waals surface area contributed by atoms with Gasteiger partial charge in [0.2, 0.25) is 0 Å². The summed E-state index contributed by atoms with van der Waals surface area (Å²) in [5.74, 6) is 0.379. The van der Waals surface area contributed by atoms with Gasteiger partial charge in [0.15, 0.2) is 5.96 Å². The molecule has 2 N–H and O–H groups in total. The third-order valence-corrected chi connectivity index (χ3v) is 2.30. The monoisotopic (exact) mass is 275 g/mol. The molecule has 0 heterocycles. The maximum Gasteiger partial charge on any atom is 0.419 e. The molecule has 0 aliphatic rings. The van der Waals surface area contributed by atoms with Crippen molar-refractivity contribution in [3.63, 3.8) is 0 Å². The Labute approximate surface area is 109 Å². The summed E-state index contributed by atoms with van der Waals surface area (Å²) in [5.41, 5.74) is -0.770. The summed E-state index contributed by atoms with van der Waals surface area (Å²) in [4.78, 5) is 3.87. The average Bonchev–Trinajstić information content (AvgIpc) is 2.38. The van der Waals surface area contributed by atoms with Crippen LogP contribution in [0.1, 0.15) is 5.56 Å². The van der Waals surface area contributed by atoms with E-state index in [0.29, 0.717) is 12.5 Å². The van der Waals surface area contributed by atoms with Crippen LogP contribution in [0, 0.1) is 0 Å². The number of alkyl halides is 3. The van der Waals surface area contributed by atoms with Crippen molar-refractivity contribution in [1.29, 1.82) is 0 Å². The second kappa shape index (κ2) is 6.86. The highest BCUT2D eigenvalue weighted by molar-refractivity contribution is 5.79. The number of hydrogen-bond donors (Lipinski definition) is 2. The van der Waals surface area contributed by atoms with E-state index < -0.39 is 11.7 Å². The van der Waals surface area contributed by atoms with Crippen molar-refractivity contribution in [2.45, 2.75) is 6.18 Å². The largest absolute Gasteiger partial charge is 0.491 e. The lowest BCUT2D eigenvalue weighted by Gasteiger charge is -2.14. The normalized spacial score (nSPS) is 12.2. The molecule has 19 heavy (non-hydrogen) atoms. The lowest BCUT2D eigenvalue weighted by Crippen LogP contribution is -2.37. The molecule has 0 unspecified atom stereocenters. The maximum absolute atomic E-state index is 12.7. The lowest BCUT2D eigenvalue weighted by molar-refractivity contribution is -0.138. The van der Waals surface area contributed by atoms with Crippen molar-refractivity contribution in [1.82, 2.24) is 10.6 Å². The molecule has 4 nitrogen and oxygen atoms in total. The molecule has 7 heteroatoms. The Kier molecular flexibility index (Phi) is 5.47. The third kappa shape index (κ3) is 4.69. The van der Waals surface area contributed by atoms with Gasteiger partial charge in [0.25, 0.3) is 0 Å². The van der Waals surface area contributed by atoms with Crippen LogP contribution in [0.4, 0.5) is 13.2 Å². The topological polar surface area (TPSA) is 45.7 Å². The molecule has 106 valence electrons. The van der Waals surface area contributed by atoms with Gasteiger partial charge in [-0.05, 0) is 12.1 Å². The van der Waals surface area contributed by atoms with Gasteiger partial charge in [0.1, 0.15) is 12.4 Å². The van der Waals surface area contributed by atoms with Gasteiger partial charge in [0.05, 0.1) is 12.1 Å². The van der Waals surface area contributed by atoms with Crippen molar-refractivity contribution in [2.24, 2.45) is 4.99 Å². The van der Waals surface area contributed by atoms with Gasteiger partial charge < -0.3 is 15.4 Å². The van der Waals surface area contributed by atoms with Crippen LogP contribution in [0.25, 0.3) is 0 Å². The minimum Gasteiger partial charge on any atom is -0.491 e. The Bertz CT molecular complexity index is 432. The van der Waals surface area contributed by atoms with Crippen LogP contribution in [0.5, 0.6) is 5.75 Å². The molecule has 0 saturated carbocycles. The molecule has 0 amide bonds. The third-order valence-electron chi connectivity index (χ3n) is 2.30. The molecular weight excluding hydrogens is 259 g/mol. The Morgan fingerprint density at radius 3 is 2.58 bits per heavy atom. The van der Waals surface area contributed by atoms with Crippen molar-refractivity contribution >= 4 is 5.96 Å². The zero-order chi connectivity index (χ0) is 14.3. The fourth-order valence-electron chi connectivity index (χ4n) is 1.44. The molecule has 0 aliphatic heterocycles. The number of rotatable bonds is 4. The van der Waals surface area contributed by atoms with Gasteiger partial charge >= 0.3 is 6.18 Å². The Hall–Kier alpha value is -1.92. The van der Waals surface area contributed by atoms with Gasteiger partial charge in [-0.2, -0.15) is 13.2 Å². The fourth-order valence-corrected chi connectivity index (χ4v) is 1.44. The summed E-state index contributed by atoms with van der Waals surface area (Å²) in [6.45, 7) is 0.452. The minimum absolute atomic E-state index is 0.105. The number of guanidine groups is 1. The van der Waals surface area contributed by atoms with Crippen LogP contribution in [0.3, 0.4) is 0 Å². The van der Waals surface area contributed by atoms with Gasteiger partial charge in [-0.3, -0.25) is 4.99 Å². The van der Waals surface area contributed by atoms with E-state index in [2.05, 4.69) is 15.6 Å². The molecule has 0 atom stereocenters. The molecule has 1 aromatic carbocycles. The predicted molar refractivity (Wildman–Crippen MR) is 67.4 cm³/mol. The number of ether oxygens (including phenoxy) is 1. The fraction of sp³-hybridized carbons (Fsp3) is 0.417. The quantitative estimate of drug-likeness (QED) is 0.501. The highest BCUT2D eigenvalue weighted by Gasteiger charge is 2.33. The van der Waals surface area contributed by atoms with Crippen molar-refractivity contribution in [3.05, 3.63) is 29.8 Å². The Morgan fingerprint density at radius 2 is 2.00 bits per heavy atom. The predicted octanol–water partition coefficient (Wildman–Crippen LogP) is 1.88. The molecule has 1 aromatic rings. The number of nitrogens with zero attached hydrogens (tertiary/aromatic N) is 1. The molecule has 0 fully saturated rings. The summed E-state index contributed by atoms with van der Waals surface area (Å²) in [6, 6.07) is 5.13. The first kappa shape index (κ1) is 15.1. The SMILES string of the molecule is CN=C(NC)NCCOc1ccccc1C(F)(F)F. The first-order valence-corrected chi connectivity index (χ1v) is 5.66. The van der Waals surface area contributed by atoms with Crippen LogP contribution in [-0.2, 0) is 6.18 Å².